The number of anilines is 1. The van der Waals surface area contributed by atoms with E-state index in [1.54, 1.807) is 6.92 Å². The average Bonchev–Trinajstić information content (AvgIpc) is 2.72. The number of nitrogens with zero attached hydrogens (tertiary/aromatic N) is 4. The highest BCUT2D eigenvalue weighted by atomic mass is 16.4. The zero-order valence-corrected chi connectivity index (χ0v) is 10.5. The number of primary amides is 1. The summed E-state index contributed by atoms with van der Waals surface area (Å²) < 4.78 is 0. The third-order valence-corrected chi connectivity index (χ3v) is 3.34. The molecule has 1 aromatic rings. The Hall–Kier alpha value is -2.38. The van der Waals surface area contributed by atoms with Crippen molar-refractivity contribution in [2.24, 2.45) is 5.73 Å². The number of carboxylic acid groups (broad SMARTS) is 1. The number of nitrogens with two attached hydrogens (primary N) is 1. The lowest BCUT2D eigenvalue weighted by Gasteiger charge is -2.41. The third-order valence-electron chi connectivity index (χ3n) is 3.34. The van der Waals surface area contributed by atoms with E-state index in [-0.39, 0.29) is 5.82 Å². The molecule has 3 N–H and O–H groups in total. The van der Waals surface area contributed by atoms with E-state index in [1.807, 2.05) is 0 Å². The maximum absolute atomic E-state index is 11.7. The molecule has 1 saturated heterocycles. The van der Waals surface area contributed by atoms with Crippen molar-refractivity contribution in [2.75, 3.05) is 11.4 Å². The molecular formula is C11H15N5O3. The van der Waals surface area contributed by atoms with E-state index in [4.69, 9.17) is 5.73 Å². The fraction of sp³-hybridized carbons (Fsp3) is 0.455. The summed E-state index contributed by atoms with van der Waals surface area (Å²) in [6.45, 7) is 2.03. The summed E-state index contributed by atoms with van der Waals surface area (Å²) in [6.07, 6.45) is 2.85. The van der Waals surface area contributed by atoms with Crippen LogP contribution in [0, 0.1) is 0 Å². The summed E-state index contributed by atoms with van der Waals surface area (Å²) in [6, 6.07) is 0.781. The van der Waals surface area contributed by atoms with Crippen LogP contribution in [-0.2, 0) is 0 Å². The zero-order chi connectivity index (χ0) is 14.0. The molecule has 1 unspecified atom stereocenters. The first kappa shape index (κ1) is 13.1. The predicted molar refractivity (Wildman–Crippen MR) is 66.5 cm³/mol. The highest BCUT2D eigenvalue weighted by molar-refractivity contribution is 5.91. The summed E-state index contributed by atoms with van der Waals surface area (Å²) >= 11 is 0. The summed E-state index contributed by atoms with van der Waals surface area (Å²) in [5.74, 6) is 0.290. The van der Waals surface area contributed by atoms with Gasteiger partial charge in [-0.25, -0.2) is 19.6 Å². The van der Waals surface area contributed by atoms with Gasteiger partial charge in [-0.15, -0.1) is 0 Å². The highest BCUT2D eigenvalue weighted by Crippen LogP contribution is 2.34. The summed E-state index contributed by atoms with van der Waals surface area (Å²) in [7, 11) is 0. The monoisotopic (exact) mass is 265 g/mol. The van der Waals surface area contributed by atoms with Gasteiger partial charge in [-0.05, 0) is 25.8 Å². The van der Waals surface area contributed by atoms with Crippen LogP contribution in [-0.4, -0.2) is 44.3 Å². The van der Waals surface area contributed by atoms with Crippen molar-refractivity contribution < 1.29 is 14.7 Å². The van der Waals surface area contributed by atoms with Crippen molar-refractivity contribution in [3.63, 3.8) is 0 Å². The van der Waals surface area contributed by atoms with Crippen molar-refractivity contribution in [1.29, 1.82) is 0 Å². The standard InChI is InChI=1S/C11H15N5O3/c1-11(4-2-6-15(11)10(18)19)16(9(12)17)8-3-5-13-7-14-8/h3,5,7H,2,4,6H2,1H3,(H2,12,17)(H,18,19). The number of hydrogen-bond donors (Lipinski definition) is 2. The molecule has 1 fully saturated rings. The van der Waals surface area contributed by atoms with Gasteiger partial charge in [0.15, 0.2) is 0 Å². The van der Waals surface area contributed by atoms with E-state index in [0.29, 0.717) is 19.4 Å². The third kappa shape index (κ3) is 2.16. The molecule has 0 spiro atoms. The second-order valence-corrected chi connectivity index (χ2v) is 4.50. The fourth-order valence-electron chi connectivity index (χ4n) is 2.50. The van der Waals surface area contributed by atoms with Gasteiger partial charge in [-0.2, -0.15) is 0 Å². The van der Waals surface area contributed by atoms with Gasteiger partial charge in [0.25, 0.3) is 0 Å². The van der Waals surface area contributed by atoms with Crippen LogP contribution < -0.4 is 10.6 Å². The Morgan fingerprint density at radius 1 is 1.58 bits per heavy atom. The lowest BCUT2D eigenvalue weighted by molar-refractivity contribution is 0.110. The van der Waals surface area contributed by atoms with Crippen LogP contribution in [0.15, 0.2) is 18.6 Å². The Labute approximate surface area is 109 Å². The fourth-order valence-corrected chi connectivity index (χ4v) is 2.50. The molecular weight excluding hydrogens is 250 g/mol. The number of urea groups is 1. The number of likely N-dealkylation sites (tertiary alicyclic amines) is 1. The maximum Gasteiger partial charge on any atom is 0.409 e. The van der Waals surface area contributed by atoms with Gasteiger partial charge in [0.1, 0.15) is 17.8 Å². The molecule has 102 valence electrons. The van der Waals surface area contributed by atoms with Gasteiger partial charge in [0.05, 0.1) is 0 Å². The Bertz CT molecular complexity index is 494. The van der Waals surface area contributed by atoms with Crippen LogP contribution in [0.5, 0.6) is 0 Å². The van der Waals surface area contributed by atoms with Crippen LogP contribution in [0.2, 0.25) is 0 Å². The minimum absolute atomic E-state index is 0.290. The number of rotatable bonds is 2. The Balaban J connectivity index is 2.44. The van der Waals surface area contributed by atoms with Gasteiger partial charge >= 0.3 is 12.1 Å². The van der Waals surface area contributed by atoms with Crippen LogP contribution in [0.3, 0.4) is 0 Å². The average molecular weight is 265 g/mol. The molecule has 0 aromatic carbocycles. The molecule has 0 bridgehead atoms. The Morgan fingerprint density at radius 2 is 2.32 bits per heavy atom. The Kier molecular flexibility index (Phi) is 3.24. The van der Waals surface area contributed by atoms with E-state index in [1.165, 1.54) is 28.4 Å². The highest BCUT2D eigenvalue weighted by Gasteiger charge is 2.47. The van der Waals surface area contributed by atoms with Gasteiger partial charge in [0, 0.05) is 12.7 Å². The second kappa shape index (κ2) is 4.71. The number of carbonyl (C=O) groups excluding carboxylic acids is 1. The molecule has 1 aliphatic heterocycles. The number of amides is 3. The van der Waals surface area contributed by atoms with Crippen LogP contribution in [0.25, 0.3) is 0 Å². The first-order valence-corrected chi connectivity index (χ1v) is 5.83. The number of aromatic nitrogens is 2. The van der Waals surface area contributed by atoms with Gasteiger partial charge in [-0.1, -0.05) is 0 Å². The van der Waals surface area contributed by atoms with Crippen molar-refractivity contribution in [1.82, 2.24) is 14.9 Å². The van der Waals surface area contributed by atoms with Crippen molar-refractivity contribution >= 4 is 17.9 Å². The summed E-state index contributed by atoms with van der Waals surface area (Å²) in [5, 5.41) is 9.24. The quantitative estimate of drug-likeness (QED) is 0.823. The lowest BCUT2D eigenvalue weighted by Crippen LogP contribution is -2.61. The van der Waals surface area contributed by atoms with Crippen molar-refractivity contribution in [3.05, 3.63) is 18.6 Å². The SMILES string of the molecule is CC1(N(C(N)=O)c2ccncn2)CCCN1C(=O)O. The predicted octanol–water partition coefficient (Wildman–Crippen LogP) is 0.852. The van der Waals surface area contributed by atoms with E-state index in [2.05, 4.69) is 9.97 Å². The van der Waals surface area contributed by atoms with E-state index in [0.717, 1.165) is 0 Å². The smallest absolute Gasteiger partial charge is 0.409 e. The molecule has 0 radical (unpaired) electrons. The number of hydrogen-bond acceptors (Lipinski definition) is 4. The molecule has 0 aliphatic carbocycles. The van der Waals surface area contributed by atoms with Crippen molar-refractivity contribution in [3.8, 4) is 0 Å². The molecule has 1 atom stereocenters. The number of carbonyl (C=O) groups is 2. The largest absolute Gasteiger partial charge is 0.465 e. The molecule has 19 heavy (non-hydrogen) atoms. The topological polar surface area (TPSA) is 113 Å². The van der Waals surface area contributed by atoms with Crippen molar-refractivity contribution in [2.45, 2.75) is 25.4 Å². The molecule has 8 heteroatoms. The van der Waals surface area contributed by atoms with E-state index >= 15 is 0 Å². The molecule has 8 nitrogen and oxygen atoms in total. The first-order valence-electron chi connectivity index (χ1n) is 5.83. The first-order chi connectivity index (χ1) is 8.97. The van der Waals surface area contributed by atoms with Crippen LogP contribution in [0.1, 0.15) is 19.8 Å². The molecule has 3 amide bonds. The maximum atomic E-state index is 11.7. The summed E-state index contributed by atoms with van der Waals surface area (Å²) in [4.78, 5) is 33.2. The van der Waals surface area contributed by atoms with Gasteiger partial charge in [-0.3, -0.25) is 9.80 Å². The van der Waals surface area contributed by atoms with Crippen LogP contribution >= 0.6 is 0 Å². The molecule has 2 heterocycles. The second-order valence-electron chi connectivity index (χ2n) is 4.50. The molecule has 2 rings (SSSR count). The zero-order valence-electron chi connectivity index (χ0n) is 10.5. The van der Waals surface area contributed by atoms with Gasteiger partial charge < -0.3 is 10.8 Å². The van der Waals surface area contributed by atoms with Gasteiger partial charge in [0.2, 0.25) is 0 Å². The summed E-state index contributed by atoms with van der Waals surface area (Å²) in [5.41, 5.74) is 4.38. The Morgan fingerprint density at radius 3 is 2.84 bits per heavy atom. The normalized spacial score (nSPS) is 22.3. The van der Waals surface area contributed by atoms with E-state index in [9.17, 15) is 14.7 Å². The van der Waals surface area contributed by atoms with E-state index < -0.39 is 17.8 Å². The molecule has 1 aliphatic rings. The molecule has 0 saturated carbocycles. The minimum atomic E-state index is -1.08. The molecule has 1 aromatic heterocycles. The minimum Gasteiger partial charge on any atom is -0.465 e. The van der Waals surface area contributed by atoms with Crippen LogP contribution in [0.4, 0.5) is 15.4 Å². The lowest BCUT2D eigenvalue weighted by atomic mass is 10.1.